The molecule has 1 N–H and O–H groups in total. The third-order valence-corrected chi connectivity index (χ3v) is 3.50. The Morgan fingerprint density at radius 3 is 2.69 bits per heavy atom. The van der Waals surface area contributed by atoms with E-state index < -0.39 is 6.16 Å². The van der Waals surface area contributed by atoms with Crippen LogP contribution in [0.4, 0.5) is 4.79 Å². The molecule has 0 radical (unpaired) electrons. The molecule has 0 aromatic rings. The second kappa shape index (κ2) is 2.89. The van der Waals surface area contributed by atoms with Gasteiger partial charge in [0.05, 0.1) is 0 Å². The predicted octanol–water partition coefficient (Wildman–Crippen LogP) is 2.36. The van der Waals surface area contributed by atoms with E-state index in [-0.39, 0.29) is 6.10 Å². The number of rotatable bonds is 1. The van der Waals surface area contributed by atoms with Crippen molar-refractivity contribution in [3.05, 3.63) is 0 Å². The summed E-state index contributed by atoms with van der Waals surface area (Å²) in [6.45, 7) is 4.45. The maximum atomic E-state index is 10.4. The van der Waals surface area contributed by atoms with Crippen LogP contribution >= 0.6 is 0 Å². The van der Waals surface area contributed by atoms with Crippen molar-refractivity contribution in [2.75, 3.05) is 0 Å². The Hall–Kier alpha value is -0.730. The van der Waals surface area contributed by atoms with Gasteiger partial charge < -0.3 is 9.84 Å². The SMILES string of the molecule is CC1CC(C)C2C(C1)C2OC(=O)O. The fourth-order valence-electron chi connectivity index (χ4n) is 3.04. The van der Waals surface area contributed by atoms with E-state index in [0.717, 1.165) is 12.3 Å². The lowest BCUT2D eigenvalue weighted by Crippen LogP contribution is -2.13. The highest BCUT2D eigenvalue weighted by atomic mass is 16.7. The van der Waals surface area contributed by atoms with Gasteiger partial charge in [0.1, 0.15) is 6.10 Å². The molecule has 0 saturated heterocycles. The van der Waals surface area contributed by atoms with Gasteiger partial charge in [-0.3, -0.25) is 0 Å². The van der Waals surface area contributed by atoms with Gasteiger partial charge in [0.2, 0.25) is 0 Å². The highest BCUT2D eigenvalue weighted by Gasteiger charge is 2.58. The number of carboxylic acid groups (broad SMARTS) is 1. The molecule has 0 bridgehead atoms. The molecule has 2 rings (SSSR count). The van der Waals surface area contributed by atoms with Gasteiger partial charge in [-0.2, -0.15) is 0 Å². The maximum absolute atomic E-state index is 10.4. The summed E-state index contributed by atoms with van der Waals surface area (Å²) in [5.74, 6) is 2.42. The normalized spacial score (nSPS) is 48.0. The van der Waals surface area contributed by atoms with E-state index in [2.05, 4.69) is 13.8 Å². The average molecular weight is 184 g/mol. The molecular weight excluding hydrogens is 168 g/mol. The maximum Gasteiger partial charge on any atom is 0.506 e. The summed E-state index contributed by atoms with van der Waals surface area (Å²) in [6, 6.07) is 0. The van der Waals surface area contributed by atoms with Crippen LogP contribution < -0.4 is 0 Å². The lowest BCUT2D eigenvalue weighted by atomic mass is 9.84. The molecule has 5 atom stereocenters. The van der Waals surface area contributed by atoms with Crippen molar-refractivity contribution in [1.29, 1.82) is 0 Å². The van der Waals surface area contributed by atoms with Crippen molar-refractivity contribution in [3.63, 3.8) is 0 Å². The van der Waals surface area contributed by atoms with Crippen molar-refractivity contribution >= 4 is 6.16 Å². The van der Waals surface area contributed by atoms with E-state index in [9.17, 15) is 4.79 Å². The third-order valence-electron chi connectivity index (χ3n) is 3.50. The van der Waals surface area contributed by atoms with E-state index in [4.69, 9.17) is 9.84 Å². The monoisotopic (exact) mass is 184 g/mol. The lowest BCUT2D eigenvalue weighted by molar-refractivity contribution is 0.0755. The van der Waals surface area contributed by atoms with Gasteiger partial charge in [0.15, 0.2) is 0 Å². The zero-order chi connectivity index (χ0) is 9.59. The van der Waals surface area contributed by atoms with Crippen LogP contribution in [0.15, 0.2) is 0 Å². The van der Waals surface area contributed by atoms with E-state index in [1.54, 1.807) is 0 Å². The minimum atomic E-state index is -1.11. The summed E-state index contributed by atoms with van der Waals surface area (Å²) in [5.41, 5.74) is 0. The largest absolute Gasteiger partial charge is 0.506 e. The van der Waals surface area contributed by atoms with E-state index >= 15 is 0 Å². The van der Waals surface area contributed by atoms with Gasteiger partial charge in [0.25, 0.3) is 0 Å². The standard InChI is InChI=1S/C10H16O3/c1-5-3-6(2)8-7(4-5)9(8)13-10(11)12/h5-9H,3-4H2,1-2H3,(H,11,12). The van der Waals surface area contributed by atoms with Gasteiger partial charge in [-0.25, -0.2) is 4.79 Å². The number of hydrogen-bond donors (Lipinski definition) is 1. The number of hydrogen-bond acceptors (Lipinski definition) is 2. The molecule has 2 fully saturated rings. The molecule has 0 amide bonds. The van der Waals surface area contributed by atoms with E-state index in [1.807, 2.05) is 0 Å². The molecule has 0 aromatic carbocycles. The van der Waals surface area contributed by atoms with Gasteiger partial charge >= 0.3 is 6.16 Å². The van der Waals surface area contributed by atoms with Crippen LogP contribution in [-0.2, 0) is 4.74 Å². The highest BCUT2D eigenvalue weighted by molar-refractivity contribution is 5.57. The molecule has 74 valence electrons. The van der Waals surface area contributed by atoms with Crippen LogP contribution in [0.2, 0.25) is 0 Å². The number of fused-ring (bicyclic) bond motifs is 1. The molecule has 0 spiro atoms. The van der Waals surface area contributed by atoms with E-state index in [0.29, 0.717) is 17.8 Å². The molecule has 0 aliphatic heterocycles. The summed E-state index contributed by atoms with van der Waals surface area (Å²) in [5, 5.41) is 8.50. The second-order valence-corrected chi connectivity index (χ2v) is 4.64. The van der Waals surface area contributed by atoms with Crippen molar-refractivity contribution in [1.82, 2.24) is 0 Å². The van der Waals surface area contributed by atoms with Crippen LogP contribution in [-0.4, -0.2) is 17.4 Å². The lowest BCUT2D eigenvalue weighted by Gasteiger charge is -2.21. The highest BCUT2D eigenvalue weighted by Crippen LogP contribution is 2.56. The topological polar surface area (TPSA) is 46.5 Å². The van der Waals surface area contributed by atoms with Crippen LogP contribution in [0.1, 0.15) is 26.7 Å². The Morgan fingerprint density at radius 1 is 1.38 bits per heavy atom. The summed E-state index contributed by atoms with van der Waals surface area (Å²) >= 11 is 0. The minimum Gasteiger partial charge on any atom is -0.450 e. The first-order chi connectivity index (χ1) is 6.09. The Kier molecular flexibility index (Phi) is 1.97. The average Bonchev–Trinajstić information content (AvgIpc) is 2.61. The minimum absolute atomic E-state index is 0.0115. The van der Waals surface area contributed by atoms with Gasteiger partial charge in [-0.15, -0.1) is 0 Å². The summed E-state index contributed by atoms with van der Waals surface area (Å²) in [7, 11) is 0. The predicted molar refractivity (Wildman–Crippen MR) is 47.4 cm³/mol. The van der Waals surface area contributed by atoms with Gasteiger partial charge in [-0.05, 0) is 24.7 Å². The Bertz CT molecular complexity index is 226. The summed E-state index contributed by atoms with van der Waals surface area (Å²) < 4.78 is 4.84. The molecule has 2 aliphatic carbocycles. The number of carbonyl (C=O) groups is 1. The van der Waals surface area contributed by atoms with Gasteiger partial charge in [-0.1, -0.05) is 13.8 Å². The molecular formula is C10H16O3. The van der Waals surface area contributed by atoms with Crippen LogP contribution in [0.5, 0.6) is 0 Å². The molecule has 3 nitrogen and oxygen atoms in total. The van der Waals surface area contributed by atoms with Crippen molar-refractivity contribution in [2.45, 2.75) is 32.8 Å². The number of ether oxygens (including phenoxy) is 1. The zero-order valence-corrected chi connectivity index (χ0v) is 8.06. The fourth-order valence-corrected chi connectivity index (χ4v) is 3.04. The van der Waals surface area contributed by atoms with Crippen LogP contribution in [0.25, 0.3) is 0 Å². The summed E-state index contributed by atoms with van der Waals surface area (Å²) in [6.07, 6.45) is 1.27. The fraction of sp³-hybridized carbons (Fsp3) is 0.900. The quantitative estimate of drug-likeness (QED) is 0.636. The molecule has 0 heterocycles. The molecule has 3 heteroatoms. The Balaban J connectivity index is 1.94. The molecule has 0 aromatic heterocycles. The molecule has 2 saturated carbocycles. The van der Waals surface area contributed by atoms with Crippen molar-refractivity contribution in [2.24, 2.45) is 23.7 Å². The first-order valence-electron chi connectivity index (χ1n) is 4.99. The first-order valence-corrected chi connectivity index (χ1v) is 4.99. The smallest absolute Gasteiger partial charge is 0.450 e. The van der Waals surface area contributed by atoms with Crippen LogP contribution in [0.3, 0.4) is 0 Å². The third kappa shape index (κ3) is 1.52. The Morgan fingerprint density at radius 2 is 2.08 bits per heavy atom. The van der Waals surface area contributed by atoms with E-state index in [1.165, 1.54) is 6.42 Å². The molecule has 2 aliphatic rings. The van der Waals surface area contributed by atoms with Crippen molar-refractivity contribution < 1.29 is 14.6 Å². The second-order valence-electron chi connectivity index (χ2n) is 4.64. The molecule has 5 unspecified atom stereocenters. The zero-order valence-electron chi connectivity index (χ0n) is 8.06. The molecule has 13 heavy (non-hydrogen) atoms. The summed E-state index contributed by atoms with van der Waals surface area (Å²) in [4.78, 5) is 10.4. The van der Waals surface area contributed by atoms with Crippen molar-refractivity contribution in [3.8, 4) is 0 Å². The van der Waals surface area contributed by atoms with Gasteiger partial charge in [0, 0.05) is 11.8 Å². The first kappa shape index (κ1) is 8.85. The Labute approximate surface area is 78.1 Å². The van der Waals surface area contributed by atoms with Crippen LogP contribution in [0, 0.1) is 23.7 Å².